The molecule has 2 N–H and O–H groups in total. The van der Waals surface area contributed by atoms with Crippen molar-refractivity contribution >= 4 is 33.0 Å². The normalized spacial score (nSPS) is 17.5. The largest absolute Gasteiger partial charge is 0.381 e. The summed E-state index contributed by atoms with van der Waals surface area (Å²) in [6, 6.07) is 12.4. The van der Waals surface area contributed by atoms with Crippen LogP contribution < -0.4 is 10.0 Å². The number of hydrogen-bond donors (Lipinski definition) is 2. The van der Waals surface area contributed by atoms with Crippen LogP contribution in [0.25, 0.3) is 5.70 Å². The second-order valence-electron chi connectivity index (χ2n) is 9.87. The predicted octanol–water partition coefficient (Wildman–Crippen LogP) is 5.46. The van der Waals surface area contributed by atoms with E-state index in [1.54, 1.807) is 31.4 Å². The molecule has 1 atom stereocenters. The van der Waals surface area contributed by atoms with Crippen molar-refractivity contribution in [2.24, 2.45) is 0 Å². The van der Waals surface area contributed by atoms with Gasteiger partial charge in [0.25, 0.3) is 10.0 Å². The summed E-state index contributed by atoms with van der Waals surface area (Å²) in [6.07, 6.45) is 2.88. The number of methoxy groups -OCH3 is 1. The molecular formula is C26H36ClN3O3S. The molecule has 0 radical (unpaired) electrons. The molecule has 186 valence electrons. The molecule has 1 unspecified atom stereocenters. The Morgan fingerprint density at radius 2 is 1.85 bits per heavy atom. The van der Waals surface area contributed by atoms with E-state index in [-0.39, 0.29) is 22.5 Å². The molecule has 0 aliphatic carbocycles. The van der Waals surface area contributed by atoms with Gasteiger partial charge in [-0.05, 0) is 61.6 Å². The maximum absolute atomic E-state index is 13.3. The fourth-order valence-electron chi connectivity index (χ4n) is 4.17. The highest BCUT2D eigenvalue weighted by Crippen LogP contribution is 2.34. The molecule has 3 rings (SSSR count). The molecule has 6 nitrogen and oxygen atoms in total. The van der Waals surface area contributed by atoms with E-state index in [1.165, 1.54) is 0 Å². The molecular weight excluding hydrogens is 470 g/mol. The van der Waals surface area contributed by atoms with Gasteiger partial charge < -0.3 is 9.64 Å². The summed E-state index contributed by atoms with van der Waals surface area (Å²) in [5, 5.41) is 4.06. The Labute approximate surface area is 209 Å². The van der Waals surface area contributed by atoms with E-state index in [1.807, 2.05) is 18.2 Å². The summed E-state index contributed by atoms with van der Waals surface area (Å²) >= 11 is 6.39. The molecule has 1 heterocycles. The van der Waals surface area contributed by atoms with E-state index in [0.29, 0.717) is 17.3 Å². The lowest BCUT2D eigenvalue weighted by Gasteiger charge is -2.38. The van der Waals surface area contributed by atoms with Crippen LogP contribution in [-0.2, 0) is 20.2 Å². The quantitative estimate of drug-likeness (QED) is 0.523. The molecule has 2 aromatic carbocycles. The molecule has 8 heteroatoms. The van der Waals surface area contributed by atoms with Gasteiger partial charge in [-0.15, -0.1) is 0 Å². The summed E-state index contributed by atoms with van der Waals surface area (Å²) in [5.74, 6) is 0. The molecule has 0 bridgehead atoms. The van der Waals surface area contributed by atoms with Crippen LogP contribution in [-0.4, -0.2) is 45.8 Å². The number of rotatable bonds is 7. The van der Waals surface area contributed by atoms with Crippen LogP contribution in [0, 0.1) is 0 Å². The van der Waals surface area contributed by atoms with Crippen molar-refractivity contribution in [1.29, 1.82) is 0 Å². The summed E-state index contributed by atoms with van der Waals surface area (Å²) in [7, 11) is -2.12. The Balaban J connectivity index is 2.02. The van der Waals surface area contributed by atoms with Crippen LogP contribution in [0.3, 0.4) is 0 Å². The standard InChI is InChI=1S/C26H36ClN3O3S/c1-18(2)30-24(8-7-15-28-25(30)17-33-6)22-16-20(27)11-14-23(22)29-34(31,32)21-12-9-19(10-13-21)26(3,4)5/h8-14,16,18,25,28-29H,7,15,17H2,1-6H3. The minimum Gasteiger partial charge on any atom is -0.381 e. The van der Waals surface area contributed by atoms with Gasteiger partial charge in [-0.3, -0.25) is 10.0 Å². The second kappa shape index (κ2) is 10.7. The molecule has 1 aliphatic rings. The highest BCUT2D eigenvalue weighted by Gasteiger charge is 2.28. The SMILES string of the molecule is COCC1NCCC=C(c2cc(Cl)ccc2NS(=O)(=O)c2ccc(C(C)(C)C)cc2)N1C(C)C. The van der Waals surface area contributed by atoms with Gasteiger partial charge in [-0.2, -0.15) is 0 Å². The number of halogens is 1. The molecule has 34 heavy (non-hydrogen) atoms. The monoisotopic (exact) mass is 505 g/mol. The van der Waals surface area contributed by atoms with E-state index < -0.39 is 10.0 Å². The predicted molar refractivity (Wildman–Crippen MR) is 141 cm³/mol. The fourth-order valence-corrected chi connectivity index (χ4v) is 5.42. The summed E-state index contributed by atoms with van der Waals surface area (Å²) in [6.45, 7) is 11.8. The number of sulfonamides is 1. The van der Waals surface area contributed by atoms with Crippen molar-refractivity contribution in [2.45, 2.75) is 63.6 Å². The van der Waals surface area contributed by atoms with Gasteiger partial charge in [0, 0.05) is 36.0 Å². The average molecular weight is 506 g/mol. The maximum Gasteiger partial charge on any atom is 0.261 e. The zero-order valence-corrected chi connectivity index (χ0v) is 22.4. The zero-order valence-electron chi connectivity index (χ0n) is 20.9. The first-order valence-corrected chi connectivity index (χ1v) is 13.4. The van der Waals surface area contributed by atoms with E-state index in [2.05, 4.69) is 55.6 Å². The highest BCUT2D eigenvalue weighted by molar-refractivity contribution is 7.92. The van der Waals surface area contributed by atoms with Crippen molar-refractivity contribution in [1.82, 2.24) is 10.2 Å². The molecule has 0 amide bonds. The van der Waals surface area contributed by atoms with Gasteiger partial charge in [0.05, 0.1) is 17.2 Å². The zero-order chi connectivity index (χ0) is 25.1. The third-order valence-electron chi connectivity index (χ3n) is 5.89. The van der Waals surface area contributed by atoms with Crippen LogP contribution >= 0.6 is 11.6 Å². The molecule has 0 aromatic heterocycles. The average Bonchev–Trinajstić information content (AvgIpc) is 2.97. The van der Waals surface area contributed by atoms with Crippen LogP contribution in [0.15, 0.2) is 53.4 Å². The van der Waals surface area contributed by atoms with Crippen LogP contribution in [0.2, 0.25) is 5.02 Å². The van der Waals surface area contributed by atoms with E-state index in [4.69, 9.17) is 16.3 Å². The Morgan fingerprint density at radius 1 is 1.18 bits per heavy atom. The lowest BCUT2D eigenvalue weighted by Crippen LogP contribution is -2.49. The molecule has 0 fully saturated rings. The molecule has 1 aliphatic heterocycles. The second-order valence-corrected chi connectivity index (χ2v) is 12.0. The van der Waals surface area contributed by atoms with Gasteiger partial charge >= 0.3 is 0 Å². The number of benzene rings is 2. The maximum atomic E-state index is 13.3. The van der Waals surface area contributed by atoms with Crippen molar-refractivity contribution in [2.75, 3.05) is 25.0 Å². The molecule has 2 aromatic rings. The van der Waals surface area contributed by atoms with Crippen LogP contribution in [0.4, 0.5) is 5.69 Å². The van der Waals surface area contributed by atoms with Gasteiger partial charge in [0.15, 0.2) is 0 Å². The number of nitrogens with zero attached hydrogens (tertiary/aromatic N) is 1. The van der Waals surface area contributed by atoms with E-state index in [0.717, 1.165) is 29.8 Å². The lowest BCUT2D eigenvalue weighted by atomic mass is 9.87. The minimum absolute atomic E-state index is 0.0490. The first-order chi connectivity index (χ1) is 15.9. The Hall–Kier alpha value is -2.06. The van der Waals surface area contributed by atoms with Gasteiger partial charge in [0.1, 0.15) is 6.17 Å². The Morgan fingerprint density at radius 3 is 2.44 bits per heavy atom. The number of hydrogen-bond acceptors (Lipinski definition) is 5. The van der Waals surface area contributed by atoms with Crippen molar-refractivity contribution in [3.8, 4) is 0 Å². The van der Waals surface area contributed by atoms with Crippen molar-refractivity contribution in [3.05, 3.63) is 64.7 Å². The lowest BCUT2D eigenvalue weighted by molar-refractivity contribution is 0.0924. The smallest absolute Gasteiger partial charge is 0.261 e. The molecule has 0 saturated heterocycles. The molecule has 0 spiro atoms. The first-order valence-electron chi connectivity index (χ1n) is 11.6. The Bertz CT molecular complexity index is 1120. The fraction of sp³-hybridized carbons (Fsp3) is 0.462. The van der Waals surface area contributed by atoms with Crippen molar-refractivity contribution < 1.29 is 13.2 Å². The van der Waals surface area contributed by atoms with E-state index in [9.17, 15) is 8.42 Å². The topological polar surface area (TPSA) is 70.7 Å². The number of nitrogens with one attached hydrogen (secondary N) is 2. The van der Waals surface area contributed by atoms with Crippen LogP contribution in [0.1, 0.15) is 52.2 Å². The van der Waals surface area contributed by atoms with Crippen molar-refractivity contribution in [3.63, 3.8) is 0 Å². The third kappa shape index (κ3) is 6.13. The van der Waals surface area contributed by atoms with Gasteiger partial charge in [-0.1, -0.05) is 50.6 Å². The summed E-state index contributed by atoms with van der Waals surface area (Å²) in [4.78, 5) is 2.44. The first kappa shape index (κ1) is 26.5. The number of ether oxygens (including phenoxy) is 1. The third-order valence-corrected chi connectivity index (χ3v) is 7.51. The number of anilines is 1. The highest BCUT2D eigenvalue weighted by atomic mass is 35.5. The Kier molecular flexibility index (Phi) is 8.34. The van der Waals surface area contributed by atoms with Gasteiger partial charge in [-0.25, -0.2) is 8.42 Å². The van der Waals surface area contributed by atoms with Crippen LogP contribution in [0.5, 0.6) is 0 Å². The minimum atomic E-state index is -3.80. The van der Waals surface area contributed by atoms with E-state index >= 15 is 0 Å². The molecule has 0 saturated carbocycles. The summed E-state index contributed by atoms with van der Waals surface area (Å²) in [5.41, 5.74) is 3.16. The van der Waals surface area contributed by atoms with Gasteiger partial charge in [0.2, 0.25) is 0 Å². The summed E-state index contributed by atoms with van der Waals surface area (Å²) < 4.78 is 34.9.